The maximum absolute atomic E-state index is 12.4. The summed E-state index contributed by atoms with van der Waals surface area (Å²) in [4.78, 5) is 14.5. The van der Waals surface area contributed by atoms with Crippen LogP contribution in [0.3, 0.4) is 0 Å². The molecule has 2 heterocycles. The molecule has 1 aromatic carbocycles. The van der Waals surface area contributed by atoms with Crippen molar-refractivity contribution in [1.29, 1.82) is 0 Å². The van der Waals surface area contributed by atoms with Gasteiger partial charge in [-0.2, -0.15) is 0 Å². The van der Waals surface area contributed by atoms with Crippen molar-refractivity contribution >= 4 is 12.0 Å². The number of methoxy groups -OCH3 is 1. The number of nitrogens with zero attached hydrogens (tertiary/aromatic N) is 1. The molecule has 0 spiro atoms. The fraction of sp³-hybridized carbons (Fsp3) is 0.471. The summed E-state index contributed by atoms with van der Waals surface area (Å²) in [6.45, 7) is 0. The quantitative estimate of drug-likeness (QED) is 0.867. The van der Waals surface area contributed by atoms with Gasteiger partial charge in [-0.25, -0.2) is 0 Å². The first-order valence-electron chi connectivity index (χ1n) is 7.57. The van der Waals surface area contributed by atoms with Gasteiger partial charge in [0.25, 0.3) is 0 Å². The van der Waals surface area contributed by atoms with Crippen molar-refractivity contribution in [1.82, 2.24) is 4.90 Å². The Kier molecular flexibility index (Phi) is 3.97. The molecule has 2 unspecified atom stereocenters. The minimum Gasteiger partial charge on any atom is -0.497 e. The zero-order chi connectivity index (χ0) is 14.8. The number of carbonyl (C=O) groups excluding carboxylic acids is 1. The smallest absolute Gasteiger partial charge is 0.247 e. The lowest BCUT2D eigenvalue weighted by Gasteiger charge is -2.37. The van der Waals surface area contributed by atoms with Crippen LogP contribution >= 0.6 is 0 Å². The Bertz CT molecular complexity index is 524. The summed E-state index contributed by atoms with van der Waals surface area (Å²) in [5.74, 6) is 0.937. The molecular formula is C17H22N2O2. The Morgan fingerprint density at radius 3 is 2.43 bits per heavy atom. The van der Waals surface area contributed by atoms with Crippen molar-refractivity contribution in [2.24, 2.45) is 5.73 Å². The first kappa shape index (κ1) is 14.1. The van der Waals surface area contributed by atoms with Gasteiger partial charge in [0.2, 0.25) is 5.91 Å². The molecule has 2 aliphatic heterocycles. The van der Waals surface area contributed by atoms with E-state index in [1.165, 1.54) is 0 Å². The van der Waals surface area contributed by atoms with Crippen LogP contribution in [0, 0.1) is 0 Å². The van der Waals surface area contributed by atoms with Crippen molar-refractivity contribution < 1.29 is 9.53 Å². The zero-order valence-corrected chi connectivity index (χ0v) is 12.4. The van der Waals surface area contributed by atoms with E-state index >= 15 is 0 Å². The van der Waals surface area contributed by atoms with Crippen LogP contribution in [-0.4, -0.2) is 36.0 Å². The summed E-state index contributed by atoms with van der Waals surface area (Å²) < 4.78 is 5.13. The van der Waals surface area contributed by atoms with E-state index in [9.17, 15) is 4.79 Å². The Morgan fingerprint density at radius 1 is 1.24 bits per heavy atom. The van der Waals surface area contributed by atoms with Crippen LogP contribution in [-0.2, 0) is 4.79 Å². The molecule has 21 heavy (non-hydrogen) atoms. The van der Waals surface area contributed by atoms with Crippen molar-refractivity contribution in [3.8, 4) is 5.75 Å². The fourth-order valence-corrected chi connectivity index (χ4v) is 3.55. The Morgan fingerprint density at radius 2 is 1.86 bits per heavy atom. The molecule has 0 aliphatic carbocycles. The molecule has 4 nitrogen and oxygen atoms in total. The first-order chi connectivity index (χ1) is 10.2. The molecular weight excluding hydrogens is 264 g/mol. The highest BCUT2D eigenvalue weighted by atomic mass is 16.5. The number of hydrogen-bond acceptors (Lipinski definition) is 3. The lowest BCUT2D eigenvalue weighted by atomic mass is 9.98. The number of carbonyl (C=O) groups is 1. The Labute approximate surface area is 125 Å². The molecule has 4 heteroatoms. The summed E-state index contributed by atoms with van der Waals surface area (Å²) in [6, 6.07) is 8.63. The van der Waals surface area contributed by atoms with E-state index in [1.807, 2.05) is 35.2 Å². The van der Waals surface area contributed by atoms with Crippen LogP contribution in [0.25, 0.3) is 6.08 Å². The molecule has 2 N–H and O–H groups in total. The molecule has 112 valence electrons. The third kappa shape index (κ3) is 2.95. The maximum Gasteiger partial charge on any atom is 0.247 e. The minimum absolute atomic E-state index is 0.116. The number of ether oxygens (including phenoxy) is 1. The van der Waals surface area contributed by atoms with Gasteiger partial charge >= 0.3 is 0 Å². The summed E-state index contributed by atoms with van der Waals surface area (Å²) >= 11 is 0. The molecule has 2 saturated heterocycles. The highest BCUT2D eigenvalue weighted by molar-refractivity contribution is 5.92. The van der Waals surface area contributed by atoms with Gasteiger partial charge in [0.05, 0.1) is 7.11 Å². The molecule has 1 amide bonds. The molecule has 2 atom stereocenters. The number of rotatable bonds is 3. The summed E-state index contributed by atoms with van der Waals surface area (Å²) in [5.41, 5.74) is 7.05. The number of amides is 1. The van der Waals surface area contributed by atoms with Crippen molar-refractivity contribution in [3.05, 3.63) is 35.9 Å². The Hall–Kier alpha value is -1.81. The monoisotopic (exact) mass is 286 g/mol. The molecule has 1 aromatic rings. The molecule has 0 aromatic heterocycles. The second-order valence-electron chi connectivity index (χ2n) is 5.97. The van der Waals surface area contributed by atoms with Crippen LogP contribution in [0.1, 0.15) is 31.2 Å². The second kappa shape index (κ2) is 5.90. The van der Waals surface area contributed by atoms with Crippen molar-refractivity contribution in [2.45, 2.75) is 43.8 Å². The normalized spacial score (nSPS) is 28.1. The number of piperidine rings is 1. The van der Waals surface area contributed by atoms with Gasteiger partial charge in [-0.15, -0.1) is 0 Å². The summed E-state index contributed by atoms with van der Waals surface area (Å²) in [6.07, 6.45) is 7.64. The van der Waals surface area contributed by atoms with Gasteiger partial charge < -0.3 is 15.4 Å². The van der Waals surface area contributed by atoms with E-state index in [-0.39, 0.29) is 11.9 Å². The van der Waals surface area contributed by atoms with Gasteiger partial charge in [0.15, 0.2) is 0 Å². The van der Waals surface area contributed by atoms with Crippen LogP contribution < -0.4 is 10.5 Å². The Balaban J connectivity index is 1.67. The van der Waals surface area contributed by atoms with E-state index in [0.717, 1.165) is 37.0 Å². The summed E-state index contributed by atoms with van der Waals surface area (Å²) in [5, 5.41) is 0. The average Bonchev–Trinajstić information content (AvgIpc) is 2.77. The number of hydrogen-bond donors (Lipinski definition) is 1. The summed E-state index contributed by atoms with van der Waals surface area (Å²) in [7, 11) is 1.64. The van der Waals surface area contributed by atoms with E-state index in [4.69, 9.17) is 10.5 Å². The van der Waals surface area contributed by atoms with Crippen LogP contribution in [0.15, 0.2) is 30.3 Å². The van der Waals surface area contributed by atoms with Crippen molar-refractivity contribution in [3.63, 3.8) is 0 Å². The average molecular weight is 286 g/mol. The molecule has 0 radical (unpaired) electrons. The largest absolute Gasteiger partial charge is 0.497 e. The standard InChI is InChI=1S/C17H22N2O2/c1-21-16-7-2-12(3-8-16)4-9-17(20)19-14-5-6-15(19)11-13(18)10-14/h2-4,7-9,13-15H,5-6,10-11,18H2,1H3. The van der Waals surface area contributed by atoms with Crippen LogP contribution in [0.4, 0.5) is 0 Å². The SMILES string of the molecule is COc1ccc(C=CC(=O)N2C3CCC2CC(N)C3)cc1. The maximum atomic E-state index is 12.4. The van der Waals surface area contributed by atoms with Crippen molar-refractivity contribution in [2.75, 3.05) is 7.11 Å². The lowest BCUT2D eigenvalue weighted by Crippen LogP contribution is -2.49. The van der Waals surface area contributed by atoms with Crippen LogP contribution in [0.5, 0.6) is 5.75 Å². The molecule has 2 fully saturated rings. The number of nitrogens with two attached hydrogens (primary N) is 1. The van der Waals surface area contributed by atoms with Gasteiger partial charge in [0, 0.05) is 24.2 Å². The molecule has 0 saturated carbocycles. The van der Waals surface area contributed by atoms with E-state index in [2.05, 4.69) is 0 Å². The number of fused-ring (bicyclic) bond motifs is 2. The highest BCUT2D eigenvalue weighted by Crippen LogP contribution is 2.35. The topological polar surface area (TPSA) is 55.6 Å². The number of benzene rings is 1. The third-order valence-corrected chi connectivity index (χ3v) is 4.56. The van der Waals surface area contributed by atoms with E-state index < -0.39 is 0 Å². The van der Waals surface area contributed by atoms with Crippen LogP contribution in [0.2, 0.25) is 0 Å². The van der Waals surface area contributed by atoms with E-state index in [1.54, 1.807) is 13.2 Å². The predicted molar refractivity (Wildman–Crippen MR) is 82.9 cm³/mol. The first-order valence-corrected chi connectivity index (χ1v) is 7.57. The second-order valence-corrected chi connectivity index (χ2v) is 5.97. The fourth-order valence-electron chi connectivity index (χ4n) is 3.55. The lowest BCUT2D eigenvalue weighted by molar-refractivity contribution is -0.130. The molecule has 2 aliphatic rings. The molecule has 2 bridgehead atoms. The van der Waals surface area contributed by atoms with Gasteiger partial charge in [-0.1, -0.05) is 12.1 Å². The van der Waals surface area contributed by atoms with E-state index in [0.29, 0.717) is 12.1 Å². The van der Waals surface area contributed by atoms with Gasteiger partial charge in [0.1, 0.15) is 5.75 Å². The van der Waals surface area contributed by atoms with Gasteiger partial charge in [-0.05, 0) is 49.5 Å². The zero-order valence-electron chi connectivity index (χ0n) is 12.4. The predicted octanol–water partition coefficient (Wildman–Crippen LogP) is 2.19. The van der Waals surface area contributed by atoms with Gasteiger partial charge in [-0.3, -0.25) is 4.79 Å². The highest BCUT2D eigenvalue weighted by Gasteiger charge is 2.41. The third-order valence-electron chi connectivity index (χ3n) is 4.56. The minimum atomic E-state index is 0.116. The molecule has 3 rings (SSSR count).